The molecule has 2 heterocycles. The van der Waals surface area contributed by atoms with Crippen LogP contribution < -0.4 is 10.6 Å². The van der Waals surface area contributed by atoms with E-state index in [0.717, 1.165) is 84.2 Å². The topological polar surface area (TPSA) is 72.4 Å². The average Bonchev–Trinajstić information content (AvgIpc) is 3.17. The molecule has 0 aromatic rings. The van der Waals surface area contributed by atoms with Crippen LogP contribution in [0.3, 0.4) is 0 Å². The quantitative estimate of drug-likeness (QED) is 0.199. The molecule has 1 amide bonds. The minimum atomic E-state index is 0. The lowest BCUT2D eigenvalue weighted by atomic mass is 10.0. The van der Waals surface area contributed by atoms with E-state index in [1.165, 1.54) is 0 Å². The standard InChI is InChI=1S/C21H42N6O2.HI/c1-6-22-20(24-17-21(2,3)27-13-15-29-16-14-27)23-10-8-12-26-11-7-9-18(26)19(28)25(4)5;/h18H,6-17H2,1-5H3,(H2,22,23,24);1H. The van der Waals surface area contributed by atoms with E-state index in [4.69, 9.17) is 9.73 Å². The molecule has 2 aliphatic heterocycles. The third kappa shape index (κ3) is 8.47. The molecule has 2 aliphatic rings. The highest BCUT2D eigenvalue weighted by Crippen LogP contribution is 2.19. The molecule has 2 fully saturated rings. The number of carbonyl (C=O) groups is 1. The van der Waals surface area contributed by atoms with Gasteiger partial charge >= 0.3 is 0 Å². The Labute approximate surface area is 200 Å². The third-order valence-electron chi connectivity index (χ3n) is 5.84. The predicted molar refractivity (Wildman–Crippen MR) is 134 cm³/mol. The van der Waals surface area contributed by atoms with Crippen LogP contribution in [0.25, 0.3) is 0 Å². The van der Waals surface area contributed by atoms with Crippen molar-refractivity contribution in [1.29, 1.82) is 0 Å². The van der Waals surface area contributed by atoms with Crippen molar-refractivity contribution in [3.63, 3.8) is 0 Å². The van der Waals surface area contributed by atoms with Crippen LogP contribution in [0.4, 0.5) is 0 Å². The van der Waals surface area contributed by atoms with E-state index in [-0.39, 0.29) is 41.5 Å². The summed E-state index contributed by atoms with van der Waals surface area (Å²) in [6, 6.07) is 0.0567. The number of ether oxygens (including phenoxy) is 1. The van der Waals surface area contributed by atoms with Gasteiger partial charge in [-0.1, -0.05) is 0 Å². The molecule has 1 atom stereocenters. The summed E-state index contributed by atoms with van der Waals surface area (Å²) in [5, 5.41) is 6.81. The number of nitrogens with zero attached hydrogens (tertiary/aromatic N) is 4. The number of hydrogen-bond acceptors (Lipinski definition) is 5. The highest BCUT2D eigenvalue weighted by Gasteiger charge is 2.31. The van der Waals surface area contributed by atoms with E-state index < -0.39 is 0 Å². The van der Waals surface area contributed by atoms with Crippen LogP contribution in [0.5, 0.6) is 0 Å². The second-order valence-corrected chi connectivity index (χ2v) is 8.81. The van der Waals surface area contributed by atoms with Gasteiger partial charge in [0.05, 0.1) is 25.8 Å². The summed E-state index contributed by atoms with van der Waals surface area (Å²) in [5.74, 6) is 1.10. The van der Waals surface area contributed by atoms with E-state index in [9.17, 15) is 4.79 Å². The maximum absolute atomic E-state index is 12.3. The van der Waals surface area contributed by atoms with Gasteiger partial charge < -0.3 is 20.3 Å². The number of likely N-dealkylation sites (N-methyl/N-ethyl adjacent to an activating group) is 1. The minimum absolute atomic E-state index is 0. The zero-order valence-corrected chi connectivity index (χ0v) is 21.9. The fraction of sp³-hybridized carbons (Fsp3) is 0.905. The van der Waals surface area contributed by atoms with Gasteiger partial charge in [0.1, 0.15) is 0 Å². The Balaban J connectivity index is 0.00000450. The number of carbonyl (C=O) groups excluding carboxylic acids is 1. The smallest absolute Gasteiger partial charge is 0.239 e. The van der Waals surface area contributed by atoms with Gasteiger partial charge in [0, 0.05) is 52.4 Å². The summed E-state index contributed by atoms with van der Waals surface area (Å²) in [6.07, 6.45) is 3.08. The molecule has 0 radical (unpaired) electrons. The van der Waals surface area contributed by atoms with Crippen molar-refractivity contribution in [2.24, 2.45) is 4.99 Å². The number of nitrogens with one attached hydrogen (secondary N) is 2. The van der Waals surface area contributed by atoms with Crippen LogP contribution in [-0.2, 0) is 9.53 Å². The average molecular weight is 539 g/mol. The van der Waals surface area contributed by atoms with Gasteiger partial charge in [0.25, 0.3) is 0 Å². The van der Waals surface area contributed by atoms with Gasteiger partial charge in [-0.05, 0) is 46.6 Å². The van der Waals surface area contributed by atoms with E-state index >= 15 is 0 Å². The Kier molecular flexibility index (Phi) is 12.5. The highest BCUT2D eigenvalue weighted by molar-refractivity contribution is 14.0. The summed E-state index contributed by atoms with van der Waals surface area (Å²) in [5.41, 5.74) is 0.0153. The zero-order chi connectivity index (χ0) is 21.3. The van der Waals surface area contributed by atoms with Gasteiger partial charge in [-0.3, -0.25) is 19.6 Å². The highest BCUT2D eigenvalue weighted by atomic mass is 127. The molecule has 1 unspecified atom stereocenters. The summed E-state index contributed by atoms with van der Waals surface area (Å²) in [4.78, 5) is 23.7. The molecule has 0 aromatic heterocycles. The number of aliphatic imine (C=N–C) groups is 1. The first kappa shape index (κ1) is 27.4. The second-order valence-electron chi connectivity index (χ2n) is 8.81. The Hall–Kier alpha value is -0.650. The summed E-state index contributed by atoms with van der Waals surface area (Å²) in [7, 11) is 3.69. The molecule has 8 nitrogen and oxygen atoms in total. The van der Waals surface area contributed by atoms with Crippen molar-refractivity contribution in [2.75, 3.05) is 73.1 Å². The van der Waals surface area contributed by atoms with Crippen LogP contribution in [0.1, 0.15) is 40.0 Å². The van der Waals surface area contributed by atoms with Crippen molar-refractivity contribution in [3.8, 4) is 0 Å². The van der Waals surface area contributed by atoms with Crippen molar-refractivity contribution in [2.45, 2.75) is 51.6 Å². The van der Waals surface area contributed by atoms with E-state index in [0.29, 0.717) is 0 Å². The molecule has 2 rings (SSSR count). The molecule has 0 bridgehead atoms. The molecule has 0 aromatic carbocycles. The van der Waals surface area contributed by atoms with Gasteiger partial charge in [-0.2, -0.15) is 0 Å². The van der Waals surface area contributed by atoms with E-state index in [1.807, 2.05) is 14.1 Å². The first-order valence-corrected chi connectivity index (χ1v) is 11.2. The normalized spacial score (nSPS) is 21.2. The molecule has 0 spiro atoms. The number of rotatable bonds is 9. The van der Waals surface area contributed by atoms with Crippen molar-refractivity contribution < 1.29 is 9.53 Å². The van der Waals surface area contributed by atoms with Crippen LogP contribution in [-0.4, -0.2) is 111 Å². The van der Waals surface area contributed by atoms with Gasteiger partial charge in [-0.15, -0.1) is 24.0 Å². The Morgan fingerprint density at radius 1 is 1.20 bits per heavy atom. The summed E-state index contributed by atoms with van der Waals surface area (Å²) in [6.45, 7) is 14.5. The number of halogens is 1. The molecule has 176 valence electrons. The summed E-state index contributed by atoms with van der Waals surface area (Å²) >= 11 is 0. The van der Waals surface area contributed by atoms with Crippen molar-refractivity contribution in [1.82, 2.24) is 25.3 Å². The lowest BCUT2D eigenvalue weighted by molar-refractivity contribution is -0.133. The number of guanidine groups is 1. The fourth-order valence-electron chi connectivity index (χ4n) is 4.04. The zero-order valence-electron chi connectivity index (χ0n) is 19.6. The van der Waals surface area contributed by atoms with Gasteiger partial charge in [0.15, 0.2) is 5.96 Å². The maximum Gasteiger partial charge on any atom is 0.239 e. The molecule has 0 saturated carbocycles. The third-order valence-corrected chi connectivity index (χ3v) is 5.84. The number of amides is 1. The molecule has 0 aliphatic carbocycles. The first-order chi connectivity index (χ1) is 13.8. The molecular weight excluding hydrogens is 495 g/mol. The Morgan fingerprint density at radius 2 is 1.90 bits per heavy atom. The van der Waals surface area contributed by atoms with Crippen molar-refractivity contribution >= 4 is 35.8 Å². The number of morpholine rings is 1. The van der Waals surface area contributed by atoms with E-state index in [2.05, 4.69) is 41.2 Å². The predicted octanol–water partition coefficient (Wildman–Crippen LogP) is 1.21. The van der Waals surface area contributed by atoms with Crippen LogP contribution >= 0.6 is 24.0 Å². The monoisotopic (exact) mass is 538 g/mol. The number of likely N-dealkylation sites (tertiary alicyclic amines) is 1. The lowest BCUT2D eigenvalue weighted by Gasteiger charge is -2.39. The largest absolute Gasteiger partial charge is 0.379 e. The SMILES string of the molecule is CCNC(=NCC(C)(C)N1CCOCC1)NCCCN1CCCC1C(=O)N(C)C.I. The van der Waals surface area contributed by atoms with Crippen LogP contribution in [0, 0.1) is 0 Å². The first-order valence-electron chi connectivity index (χ1n) is 11.2. The minimum Gasteiger partial charge on any atom is -0.379 e. The van der Waals surface area contributed by atoms with Crippen LogP contribution in [0.2, 0.25) is 0 Å². The summed E-state index contributed by atoms with van der Waals surface area (Å²) < 4.78 is 5.47. The molecule has 30 heavy (non-hydrogen) atoms. The molecular formula is C21H43IN6O2. The Morgan fingerprint density at radius 3 is 2.53 bits per heavy atom. The fourth-order valence-corrected chi connectivity index (χ4v) is 4.04. The second kappa shape index (κ2) is 13.7. The molecule has 2 saturated heterocycles. The van der Waals surface area contributed by atoms with Crippen molar-refractivity contribution in [3.05, 3.63) is 0 Å². The Bertz CT molecular complexity index is 538. The molecule has 9 heteroatoms. The maximum atomic E-state index is 12.3. The van der Waals surface area contributed by atoms with Crippen LogP contribution in [0.15, 0.2) is 4.99 Å². The number of hydrogen-bond donors (Lipinski definition) is 2. The van der Waals surface area contributed by atoms with Gasteiger partial charge in [-0.25, -0.2) is 0 Å². The van der Waals surface area contributed by atoms with Gasteiger partial charge in [0.2, 0.25) is 5.91 Å². The molecule has 2 N–H and O–H groups in total. The van der Waals surface area contributed by atoms with E-state index in [1.54, 1.807) is 4.90 Å². The lowest BCUT2D eigenvalue weighted by Crippen LogP contribution is -2.52.